The van der Waals surface area contributed by atoms with E-state index in [9.17, 15) is 4.79 Å². The normalized spacial score (nSPS) is 9.88. The van der Waals surface area contributed by atoms with Crippen molar-refractivity contribution in [2.24, 2.45) is 0 Å². The van der Waals surface area contributed by atoms with Crippen molar-refractivity contribution in [1.29, 1.82) is 5.26 Å². The van der Waals surface area contributed by atoms with Gasteiger partial charge in [0.1, 0.15) is 25.4 Å². The van der Waals surface area contributed by atoms with Gasteiger partial charge >= 0.3 is 0 Å². The number of halogens is 1. The molecule has 136 valence electrons. The minimum Gasteiger partial charge on any atom is -0.493 e. The van der Waals surface area contributed by atoms with Crippen LogP contribution in [0.4, 0.5) is 0 Å². The van der Waals surface area contributed by atoms with E-state index in [1.165, 1.54) is 0 Å². The highest BCUT2D eigenvalue weighted by atomic mass is 35.5. The summed E-state index contributed by atoms with van der Waals surface area (Å²) < 4.78 is 16.7. The molecule has 26 heavy (non-hydrogen) atoms. The zero-order valence-electron chi connectivity index (χ0n) is 14.3. The first-order chi connectivity index (χ1) is 12.7. The third-order valence-electron chi connectivity index (χ3n) is 3.42. The van der Waals surface area contributed by atoms with Crippen LogP contribution in [0.25, 0.3) is 0 Å². The SMILES string of the molecule is COc1cccc(CNC(=O)CC#N)c1OCCOc1ccccc1Cl. The molecule has 0 saturated heterocycles. The number of methoxy groups -OCH3 is 1. The van der Waals surface area contributed by atoms with Gasteiger partial charge in [0.15, 0.2) is 11.5 Å². The Bertz CT molecular complexity index is 789. The summed E-state index contributed by atoms with van der Waals surface area (Å²) in [7, 11) is 1.54. The first-order valence-electron chi connectivity index (χ1n) is 7.95. The molecule has 0 unspecified atom stereocenters. The number of nitrogens with one attached hydrogen (secondary N) is 1. The van der Waals surface area contributed by atoms with Crippen LogP contribution < -0.4 is 19.5 Å². The number of para-hydroxylation sites is 2. The summed E-state index contributed by atoms with van der Waals surface area (Å²) in [5.74, 6) is 1.31. The molecule has 1 amide bonds. The topological polar surface area (TPSA) is 80.6 Å². The Hall–Kier alpha value is -2.91. The number of benzene rings is 2. The van der Waals surface area contributed by atoms with E-state index in [0.717, 1.165) is 5.56 Å². The Morgan fingerprint density at radius 2 is 1.85 bits per heavy atom. The monoisotopic (exact) mass is 374 g/mol. The van der Waals surface area contributed by atoms with Gasteiger partial charge in [0.05, 0.1) is 18.2 Å². The molecule has 0 heterocycles. The molecule has 0 aliphatic carbocycles. The van der Waals surface area contributed by atoms with Gasteiger partial charge in [0, 0.05) is 12.1 Å². The zero-order valence-corrected chi connectivity index (χ0v) is 15.1. The van der Waals surface area contributed by atoms with Gasteiger partial charge in [-0.2, -0.15) is 5.26 Å². The average molecular weight is 375 g/mol. The lowest BCUT2D eigenvalue weighted by Gasteiger charge is -2.16. The summed E-state index contributed by atoms with van der Waals surface area (Å²) in [6, 6.07) is 14.4. The van der Waals surface area contributed by atoms with Gasteiger partial charge in [-0.25, -0.2) is 0 Å². The first-order valence-corrected chi connectivity index (χ1v) is 8.33. The molecular weight excluding hydrogens is 356 g/mol. The maximum absolute atomic E-state index is 11.5. The lowest BCUT2D eigenvalue weighted by atomic mass is 10.2. The average Bonchev–Trinajstić information content (AvgIpc) is 2.65. The van der Waals surface area contributed by atoms with Crippen LogP contribution in [0.2, 0.25) is 5.02 Å². The molecule has 2 aromatic rings. The lowest BCUT2D eigenvalue weighted by Crippen LogP contribution is -2.22. The highest BCUT2D eigenvalue weighted by Crippen LogP contribution is 2.31. The van der Waals surface area contributed by atoms with Gasteiger partial charge in [0.25, 0.3) is 0 Å². The molecule has 7 heteroatoms. The zero-order chi connectivity index (χ0) is 18.8. The number of hydrogen-bond acceptors (Lipinski definition) is 5. The van der Waals surface area contributed by atoms with Gasteiger partial charge in [-0.15, -0.1) is 0 Å². The molecule has 0 atom stereocenters. The molecule has 0 fully saturated rings. The van der Waals surface area contributed by atoms with Gasteiger partial charge in [-0.3, -0.25) is 4.79 Å². The fraction of sp³-hybridized carbons (Fsp3) is 0.263. The molecule has 0 spiro atoms. The Morgan fingerprint density at radius 3 is 2.58 bits per heavy atom. The van der Waals surface area contributed by atoms with Crippen molar-refractivity contribution in [2.75, 3.05) is 20.3 Å². The first kappa shape index (κ1) is 19.4. The number of ether oxygens (including phenoxy) is 3. The van der Waals surface area contributed by atoms with Crippen molar-refractivity contribution in [3.05, 3.63) is 53.1 Å². The molecule has 0 aliphatic heterocycles. The maximum Gasteiger partial charge on any atom is 0.234 e. The minimum atomic E-state index is -0.344. The van der Waals surface area contributed by atoms with E-state index in [1.807, 2.05) is 24.3 Å². The number of nitrogens with zero attached hydrogens (tertiary/aromatic N) is 1. The fourth-order valence-electron chi connectivity index (χ4n) is 2.21. The molecule has 2 rings (SSSR count). The molecule has 0 bridgehead atoms. The van der Waals surface area contributed by atoms with Crippen LogP contribution >= 0.6 is 11.6 Å². The minimum absolute atomic E-state index is 0.189. The van der Waals surface area contributed by atoms with E-state index >= 15 is 0 Å². The van der Waals surface area contributed by atoms with Crippen molar-refractivity contribution in [3.8, 4) is 23.3 Å². The smallest absolute Gasteiger partial charge is 0.234 e. The Morgan fingerprint density at radius 1 is 1.12 bits per heavy atom. The van der Waals surface area contributed by atoms with Gasteiger partial charge < -0.3 is 19.5 Å². The van der Waals surface area contributed by atoms with E-state index in [-0.39, 0.29) is 25.5 Å². The third kappa shape index (κ3) is 5.57. The number of carbonyl (C=O) groups excluding carboxylic acids is 1. The number of hydrogen-bond donors (Lipinski definition) is 1. The summed E-state index contributed by atoms with van der Waals surface area (Å²) in [6.45, 7) is 0.797. The van der Waals surface area contributed by atoms with E-state index in [0.29, 0.717) is 28.9 Å². The van der Waals surface area contributed by atoms with Crippen molar-refractivity contribution in [2.45, 2.75) is 13.0 Å². The van der Waals surface area contributed by atoms with E-state index in [2.05, 4.69) is 5.32 Å². The van der Waals surface area contributed by atoms with Gasteiger partial charge in [0.2, 0.25) is 5.91 Å². The van der Waals surface area contributed by atoms with E-state index in [4.69, 9.17) is 31.1 Å². The van der Waals surface area contributed by atoms with E-state index in [1.54, 1.807) is 31.4 Å². The summed E-state index contributed by atoms with van der Waals surface area (Å²) in [5.41, 5.74) is 0.744. The fourth-order valence-corrected chi connectivity index (χ4v) is 2.40. The Kier molecular flexibility index (Phi) is 7.59. The highest BCUT2D eigenvalue weighted by Gasteiger charge is 2.12. The molecular formula is C19H19ClN2O4. The number of nitriles is 1. The van der Waals surface area contributed by atoms with Crippen LogP contribution in [0.5, 0.6) is 17.2 Å². The quantitative estimate of drug-likeness (QED) is 0.681. The van der Waals surface area contributed by atoms with Crippen molar-refractivity contribution < 1.29 is 19.0 Å². The van der Waals surface area contributed by atoms with Gasteiger partial charge in [-0.05, 0) is 18.2 Å². The van der Waals surface area contributed by atoms with Crippen LogP contribution in [-0.2, 0) is 11.3 Å². The standard InChI is InChI=1S/C19H19ClN2O4/c1-24-17-8-4-5-14(13-22-18(23)9-10-21)19(17)26-12-11-25-16-7-3-2-6-15(16)20/h2-8H,9,11-13H2,1H3,(H,22,23). The highest BCUT2D eigenvalue weighted by molar-refractivity contribution is 6.32. The summed E-state index contributed by atoms with van der Waals surface area (Å²) in [4.78, 5) is 11.5. The second-order valence-electron chi connectivity index (χ2n) is 5.19. The Balaban J connectivity index is 1.97. The summed E-state index contributed by atoms with van der Waals surface area (Å²) in [5, 5.41) is 11.8. The van der Waals surface area contributed by atoms with Crippen molar-refractivity contribution in [1.82, 2.24) is 5.32 Å². The second kappa shape index (κ2) is 10.2. The molecule has 1 N–H and O–H groups in total. The van der Waals surface area contributed by atoms with Gasteiger partial charge in [-0.1, -0.05) is 35.9 Å². The number of amides is 1. The predicted octanol–water partition coefficient (Wildman–Crippen LogP) is 3.34. The molecule has 0 aromatic heterocycles. The molecule has 0 aliphatic rings. The second-order valence-corrected chi connectivity index (χ2v) is 5.59. The Labute approximate surface area is 157 Å². The van der Waals surface area contributed by atoms with Crippen LogP contribution in [-0.4, -0.2) is 26.2 Å². The maximum atomic E-state index is 11.5. The van der Waals surface area contributed by atoms with Crippen molar-refractivity contribution in [3.63, 3.8) is 0 Å². The molecule has 0 saturated carbocycles. The molecule has 6 nitrogen and oxygen atoms in total. The van der Waals surface area contributed by atoms with Crippen LogP contribution in [0.1, 0.15) is 12.0 Å². The van der Waals surface area contributed by atoms with Crippen LogP contribution in [0.15, 0.2) is 42.5 Å². The summed E-state index contributed by atoms with van der Waals surface area (Å²) >= 11 is 6.04. The molecule has 2 aromatic carbocycles. The number of carbonyl (C=O) groups is 1. The predicted molar refractivity (Wildman–Crippen MR) is 97.5 cm³/mol. The number of rotatable bonds is 9. The van der Waals surface area contributed by atoms with E-state index < -0.39 is 0 Å². The van der Waals surface area contributed by atoms with Crippen molar-refractivity contribution >= 4 is 17.5 Å². The largest absolute Gasteiger partial charge is 0.493 e. The third-order valence-corrected chi connectivity index (χ3v) is 3.73. The van der Waals surface area contributed by atoms with Crippen LogP contribution in [0.3, 0.4) is 0 Å². The lowest BCUT2D eigenvalue weighted by molar-refractivity contribution is -0.120. The summed E-state index contributed by atoms with van der Waals surface area (Å²) in [6.07, 6.45) is -0.189. The van der Waals surface area contributed by atoms with Crippen LogP contribution in [0, 0.1) is 11.3 Å². The molecule has 0 radical (unpaired) electrons.